The molecular formula is C13H21N5O. The topological polar surface area (TPSA) is 97.3 Å². The smallest absolute Gasteiger partial charge is 0.252 e. The average molecular weight is 263 g/mol. The van der Waals surface area contributed by atoms with Crippen molar-refractivity contribution in [2.24, 2.45) is 5.73 Å². The Morgan fingerprint density at radius 2 is 2.21 bits per heavy atom. The van der Waals surface area contributed by atoms with Crippen LogP contribution in [0.3, 0.4) is 0 Å². The Bertz CT molecular complexity index is 482. The summed E-state index contributed by atoms with van der Waals surface area (Å²) >= 11 is 0. The molecule has 1 aliphatic rings. The number of aromatic nitrogens is 1. The van der Waals surface area contributed by atoms with Gasteiger partial charge in [-0.1, -0.05) is 0 Å². The van der Waals surface area contributed by atoms with Crippen LogP contribution in [0.15, 0.2) is 12.3 Å². The van der Waals surface area contributed by atoms with Gasteiger partial charge in [0, 0.05) is 12.1 Å². The molecule has 6 nitrogen and oxygen atoms in total. The summed E-state index contributed by atoms with van der Waals surface area (Å²) in [6.45, 7) is 0.747. The average Bonchev–Trinajstić information content (AvgIpc) is 2.28. The second-order valence-corrected chi connectivity index (χ2v) is 5.35. The van der Waals surface area contributed by atoms with Gasteiger partial charge in [-0.2, -0.15) is 0 Å². The van der Waals surface area contributed by atoms with Gasteiger partial charge in [0.2, 0.25) is 0 Å². The summed E-state index contributed by atoms with van der Waals surface area (Å²) in [5.41, 5.74) is 11.9. The van der Waals surface area contributed by atoms with Crippen LogP contribution < -0.4 is 16.8 Å². The number of amides is 1. The van der Waals surface area contributed by atoms with Gasteiger partial charge in [0.1, 0.15) is 5.82 Å². The number of nitrogens with one attached hydrogen (secondary N) is 1. The lowest BCUT2D eigenvalue weighted by atomic mass is 9.75. The number of nitrogens with zero attached hydrogens (tertiary/aromatic N) is 2. The van der Waals surface area contributed by atoms with Crippen LogP contribution in [0.25, 0.3) is 0 Å². The van der Waals surface area contributed by atoms with E-state index < -0.39 is 5.91 Å². The van der Waals surface area contributed by atoms with Gasteiger partial charge in [-0.15, -0.1) is 0 Å². The normalized spacial score (nSPS) is 17.0. The van der Waals surface area contributed by atoms with Crippen molar-refractivity contribution < 1.29 is 4.79 Å². The van der Waals surface area contributed by atoms with Crippen molar-refractivity contribution in [1.82, 2.24) is 9.88 Å². The number of hydrogen-bond acceptors (Lipinski definition) is 5. The van der Waals surface area contributed by atoms with E-state index in [2.05, 4.69) is 29.3 Å². The molecule has 1 heterocycles. The summed E-state index contributed by atoms with van der Waals surface area (Å²) < 4.78 is 0. The third-order valence-corrected chi connectivity index (χ3v) is 3.99. The van der Waals surface area contributed by atoms with E-state index in [-0.39, 0.29) is 5.54 Å². The molecule has 0 aliphatic heterocycles. The fraction of sp³-hybridized carbons (Fsp3) is 0.538. The zero-order valence-corrected chi connectivity index (χ0v) is 11.4. The lowest BCUT2D eigenvalue weighted by Gasteiger charge is -2.47. The predicted molar refractivity (Wildman–Crippen MR) is 75.9 cm³/mol. The molecule has 1 amide bonds. The molecule has 1 saturated carbocycles. The highest BCUT2D eigenvalue weighted by Gasteiger charge is 2.38. The Hall–Kier alpha value is -1.82. The molecule has 0 spiro atoms. The number of anilines is 2. The minimum absolute atomic E-state index is 0.151. The summed E-state index contributed by atoms with van der Waals surface area (Å²) in [7, 11) is 4.15. The minimum atomic E-state index is -0.519. The molecule has 0 saturated heterocycles. The number of nitrogens with two attached hydrogens (primary N) is 2. The number of pyridine rings is 1. The maximum absolute atomic E-state index is 11.4. The summed E-state index contributed by atoms with van der Waals surface area (Å²) in [6, 6.07) is 1.56. The van der Waals surface area contributed by atoms with Crippen molar-refractivity contribution in [3.63, 3.8) is 0 Å². The highest BCUT2D eigenvalue weighted by molar-refractivity contribution is 5.98. The lowest BCUT2D eigenvalue weighted by Crippen LogP contribution is -2.54. The first kappa shape index (κ1) is 13.6. The molecule has 0 bridgehead atoms. The third-order valence-electron chi connectivity index (χ3n) is 3.99. The van der Waals surface area contributed by atoms with E-state index in [9.17, 15) is 4.79 Å². The minimum Gasteiger partial charge on any atom is -0.397 e. The van der Waals surface area contributed by atoms with Crippen LogP contribution in [0.2, 0.25) is 0 Å². The fourth-order valence-corrected chi connectivity index (χ4v) is 2.42. The van der Waals surface area contributed by atoms with Gasteiger partial charge in [0.15, 0.2) is 0 Å². The molecule has 1 aromatic rings. The maximum atomic E-state index is 11.4. The first-order valence-electron chi connectivity index (χ1n) is 6.41. The van der Waals surface area contributed by atoms with Crippen molar-refractivity contribution in [3.8, 4) is 0 Å². The van der Waals surface area contributed by atoms with Gasteiger partial charge in [-0.25, -0.2) is 4.98 Å². The van der Waals surface area contributed by atoms with E-state index >= 15 is 0 Å². The van der Waals surface area contributed by atoms with Crippen LogP contribution in [-0.4, -0.2) is 42.0 Å². The van der Waals surface area contributed by atoms with E-state index in [1.165, 1.54) is 12.6 Å². The van der Waals surface area contributed by atoms with Crippen LogP contribution in [0, 0.1) is 0 Å². The zero-order chi connectivity index (χ0) is 14.0. The first-order chi connectivity index (χ1) is 8.94. The highest BCUT2D eigenvalue weighted by Crippen LogP contribution is 2.36. The highest BCUT2D eigenvalue weighted by atomic mass is 16.1. The van der Waals surface area contributed by atoms with Crippen molar-refractivity contribution in [2.45, 2.75) is 24.8 Å². The summed E-state index contributed by atoms with van der Waals surface area (Å²) in [6.07, 6.45) is 5.05. The van der Waals surface area contributed by atoms with Crippen molar-refractivity contribution >= 4 is 17.4 Å². The number of rotatable bonds is 5. The van der Waals surface area contributed by atoms with E-state index in [4.69, 9.17) is 11.5 Å². The molecule has 104 valence electrons. The standard InChI is InChI=1S/C13H21N5O/c1-18(2)13(4-3-5-13)8-17-12-10(11(15)19)6-9(14)7-16-12/h6-7H,3-5,8,14H2,1-2H3,(H2,15,19)(H,16,17). The Labute approximate surface area is 113 Å². The van der Waals surface area contributed by atoms with Crippen molar-refractivity contribution in [3.05, 3.63) is 17.8 Å². The Balaban J connectivity index is 2.13. The second-order valence-electron chi connectivity index (χ2n) is 5.35. The van der Waals surface area contributed by atoms with E-state index in [1.54, 1.807) is 6.07 Å². The van der Waals surface area contributed by atoms with E-state index in [1.807, 2.05) is 0 Å². The summed E-state index contributed by atoms with van der Waals surface area (Å²) in [5.74, 6) is -0.00959. The molecule has 19 heavy (non-hydrogen) atoms. The molecule has 1 aromatic heterocycles. The van der Waals surface area contributed by atoms with Gasteiger partial charge in [0.05, 0.1) is 17.4 Å². The number of primary amides is 1. The first-order valence-corrected chi connectivity index (χ1v) is 6.41. The van der Waals surface area contributed by atoms with Gasteiger partial charge in [-0.05, 0) is 39.4 Å². The maximum Gasteiger partial charge on any atom is 0.252 e. The molecule has 0 unspecified atom stereocenters. The number of carbonyl (C=O) groups is 1. The molecule has 6 heteroatoms. The zero-order valence-electron chi connectivity index (χ0n) is 11.4. The SMILES string of the molecule is CN(C)C1(CNc2ncc(N)cc2C(N)=O)CCC1. The largest absolute Gasteiger partial charge is 0.397 e. The fourth-order valence-electron chi connectivity index (χ4n) is 2.42. The molecular weight excluding hydrogens is 242 g/mol. The van der Waals surface area contributed by atoms with Crippen LogP contribution in [0.4, 0.5) is 11.5 Å². The third kappa shape index (κ3) is 2.63. The summed E-state index contributed by atoms with van der Waals surface area (Å²) in [4.78, 5) is 17.8. The predicted octanol–water partition coefficient (Wildman–Crippen LogP) is 0.659. The molecule has 1 fully saturated rings. The second kappa shape index (κ2) is 5.05. The van der Waals surface area contributed by atoms with Crippen LogP contribution in [-0.2, 0) is 0 Å². The number of carbonyl (C=O) groups excluding carboxylic acids is 1. The molecule has 1 aliphatic carbocycles. The molecule has 0 radical (unpaired) electrons. The van der Waals surface area contributed by atoms with Crippen molar-refractivity contribution in [1.29, 1.82) is 0 Å². The molecule has 2 rings (SSSR count). The quantitative estimate of drug-likeness (QED) is 0.725. The Morgan fingerprint density at radius 3 is 2.68 bits per heavy atom. The van der Waals surface area contributed by atoms with Gasteiger partial charge >= 0.3 is 0 Å². The van der Waals surface area contributed by atoms with Crippen molar-refractivity contribution in [2.75, 3.05) is 31.7 Å². The number of nitrogen functional groups attached to an aromatic ring is 1. The molecule has 5 N–H and O–H groups in total. The van der Waals surface area contributed by atoms with Crippen LogP contribution in [0.5, 0.6) is 0 Å². The van der Waals surface area contributed by atoms with Gasteiger partial charge in [-0.3, -0.25) is 4.79 Å². The number of likely N-dealkylation sites (N-methyl/N-ethyl adjacent to an activating group) is 1. The molecule has 0 aromatic carbocycles. The van der Waals surface area contributed by atoms with Crippen LogP contribution in [0.1, 0.15) is 29.6 Å². The summed E-state index contributed by atoms with van der Waals surface area (Å²) in [5, 5.41) is 3.24. The van der Waals surface area contributed by atoms with E-state index in [0.717, 1.165) is 19.4 Å². The van der Waals surface area contributed by atoms with E-state index in [0.29, 0.717) is 17.1 Å². The number of hydrogen-bond donors (Lipinski definition) is 3. The lowest BCUT2D eigenvalue weighted by molar-refractivity contribution is 0.0738. The van der Waals surface area contributed by atoms with Gasteiger partial charge in [0.25, 0.3) is 5.91 Å². The Kier molecular flexibility index (Phi) is 3.61. The van der Waals surface area contributed by atoms with Crippen LogP contribution >= 0.6 is 0 Å². The monoisotopic (exact) mass is 263 g/mol. The van der Waals surface area contributed by atoms with Gasteiger partial charge < -0.3 is 21.7 Å². The molecule has 0 atom stereocenters. The Morgan fingerprint density at radius 1 is 1.53 bits per heavy atom.